The minimum Gasteiger partial charge on any atom is -0.336 e. The molecule has 0 fully saturated rings. The van der Waals surface area contributed by atoms with Crippen molar-refractivity contribution < 1.29 is 0 Å². The molecular formula is C13H21N5. The predicted octanol–water partition coefficient (Wildman–Crippen LogP) is 1.53. The molecule has 0 aromatic carbocycles. The summed E-state index contributed by atoms with van der Waals surface area (Å²) >= 11 is 0. The molecule has 2 aromatic heterocycles. The van der Waals surface area contributed by atoms with Crippen LogP contribution in [-0.2, 0) is 19.6 Å². The van der Waals surface area contributed by atoms with Crippen molar-refractivity contribution in [3.63, 3.8) is 0 Å². The first-order valence-corrected chi connectivity index (χ1v) is 6.42. The van der Waals surface area contributed by atoms with Gasteiger partial charge in [-0.05, 0) is 12.5 Å². The van der Waals surface area contributed by atoms with Crippen LogP contribution in [0.1, 0.15) is 19.7 Å². The molecule has 2 aromatic rings. The second kappa shape index (κ2) is 6.35. The van der Waals surface area contributed by atoms with Gasteiger partial charge >= 0.3 is 0 Å². The predicted molar refractivity (Wildman–Crippen MR) is 71.0 cm³/mol. The van der Waals surface area contributed by atoms with Gasteiger partial charge in [0.2, 0.25) is 0 Å². The molecule has 1 N–H and O–H groups in total. The summed E-state index contributed by atoms with van der Waals surface area (Å²) in [6.07, 6.45) is 9.52. The lowest BCUT2D eigenvalue weighted by Crippen LogP contribution is -2.22. The standard InChI is InChI=1S/C13H21N5/c1-12(2)9-15-10-13-16-4-6-18(13)8-7-17-5-3-14-11-17/h3-6,11-12,15H,7-10H2,1-2H3. The minimum atomic E-state index is 0.666. The molecule has 5 heteroatoms. The SMILES string of the molecule is CC(C)CNCc1nccn1CCn1ccnc1. The maximum atomic E-state index is 4.39. The summed E-state index contributed by atoms with van der Waals surface area (Å²) in [5.41, 5.74) is 0. The zero-order chi connectivity index (χ0) is 12.8. The van der Waals surface area contributed by atoms with Gasteiger partial charge in [0.15, 0.2) is 0 Å². The molecule has 0 spiro atoms. The first-order chi connectivity index (χ1) is 8.75. The van der Waals surface area contributed by atoms with E-state index in [1.807, 2.05) is 24.9 Å². The van der Waals surface area contributed by atoms with Gasteiger partial charge in [-0.15, -0.1) is 0 Å². The van der Waals surface area contributed by atoms with E-state index in [9.17, 15) is 0 Å². The van der Waals surface area contributed by atoms with Gasteiger partial charge in [-0.1, -0.05) is 13.8 Å². The molecule has 0 aliphatic carbocycles. The van der Waals surface area contributed by atoms with Crippen molar-refractivity contribution in [2.24, 2.45) is 5.92 Å². The first kappa shape index (κ1) is 12.8. The Hall–Kier alpha value is -1.62. The van der Waals surface area contributed by atoms with E-state index in [2.05, 4.69) is 38.3 Å². The third-order valence-corrected chi connectivity index (χ3v) is 2.80. The van der Waals surface area contributed by atoms with Crippen LogP contribution in [0.3, 0.4) is 0 Å². The van der Waals surface area contributed by atoms with Crippen LogP contribution in [0.25, 0.3) is 0 Å². The number of hydrogen-bond acceptors (Lipinski definition) is 3. The topological polar surface area (TPSA) is 47.7 Å². The van der Waals surface area contributed by atoms with Crippen molar-refractivity contribution in [1.82, 2.24) is 24.4 Å². The highest BCUT2D eigenvalue weighted by molar-refractivity contribution is 4.92. The van der Waals surface area contributed by atoms with Crippen LogP contribution in [0.15, 0.2) is 31.1 Å². The summed E-state index contributed by atoms with van der Waals surface area (Å²) < 4.78 is 4.26. The third kappa shape index (κ3) is 3.70. The van der Waals surface area contributed by atoms with Crippen LogP contribution in [0.5, 0.6) is 0 Å². The molecule has 2 heterocycles. The van der Waals surface area contributed by atoms with Gasteiger partial charge in [0, 0.05) is 37.9 Å². The van der Waals surface area contributed by atoms with Crippen LogP contribution in [0.4, 0.5) is 0 Å². The lowest BCUT2D eigenvalue weighted by Gasteiger charge is -2.10. The zero-order valence-electron chi connectivity index (χ0n) is 11.1. The quantitative estimate of drug-likeness (QED) is 0.807. The molecule has 0 atom stereocenters. The number of hydrogen-bond donors (Lipinski definition) is 1. The van der Waals surface area contributed by atoms with E-state index in [1.165, 1.54) is 0 Å². The Morgan fingerprint density at radius 2 is 2.11 bits per heavy atom. The van der Waals surface area contributed by atoms with Crippen molar-refractivity contribution in [2.75, 3.05) is 6.54 Å². The summed E-state index contributed by atoms with van der Waals surface area (Å²) in [4.78, 5) is 8.43. The monoisotopic (exact) mass is 247 g/mol. The Morgan fingerprint density at radius 1 is 1.22 bits per heavy atom. The van der Waals surface area contributed by atoms with Crippen molar-refractivity contribution in [2.45, 2.75) is 33.5 Å². The van der Waals surface area contributed by atoms with E-state index in [0.717, 1.165) is 32.0 Å². The number of nitrogens with one attached hydrogen (secondary N) is 1. The van der Waals surface area contributed by atoms with Gasteiger partial charge < -0.3 is 14.5 Å². The number of aromatic nitrogens is 4. The molecule has 0 aliphatic rings. The Kier molecular flexibility index (Phi) is 4.52. The van der Waals surface area contributed by atoms with Crippen LogP contribution in [0.2, 0.25) is 0 Å². The Bertz CT molecular complexity index is 444. The highest BCUT2D eigenvalue weighted by Gasteiger charge is 2.03. The largest absolute Gasteiger partial charge is 0.336 e. The molecule has 0 unspecified atom stereocenters. The number of rotatable bonds is 7. The van der Waals surface area contributed by atoms with Crippen LogP contribution >= 0.6 is 0 Å². The third-order valence-electron chi connectivity index (χ3n) is 2.80. The fourth-order valence-corrected chi connectivity index (χ4v) is 1.83. The van der Waals surface area contributed by atoms with Crippen molar-refractivity contribution >= 4 is 0 Å². The lowest BCUT2D eigenvalue weighted by molar-refractivity contribution is 0.511. The van der Waals surface area contributed by atoms with E-state index in [-0.39, 0.29) is 0 Å². The molecule has 0 amide bonds. The van der Waals surface area contributed by atoms with Gasteiger partial charge in [-0.2, -0.15) is 0 Å². The van der Waals surface area contributed by atoms with Crippen LogP contribution < -0.4 is 5.32 Å². The summed E-state index contributed by atoms with van der Waals surface area (Å²) in [7, 11) is 0. The summed E-state index contributed by atoms with van der Waals surface area (Å²) in [5, 5.41) is 3.42. The Balaban J connectivity index is 1.83. The highest BCUT2D eigenvalue weighted by atomic mass is 15.1. The van der Waals surface area contributed by atoms with E-state index < -0.39 is 0 Å². The second-order valence-corrected chi connectivity index (χ2v) is 4.86. The molecule has 5 nitrogen and oxygen atoms in total. The van der Waals surface area contributed by atoms with Crippen molar-refractivity contribution in [3.8, 4) is 0 Å². The Morgan fingerprint density at radius 3 is 2.83 bits per heavy atom. The molecular weight excluding hydrogens is 226 g/mol. The molecule has 0 saturated carbocycles. The summed E-state index contributed by atoms with van der Waals surface area (Å²) in [6, 6.07) is 0. The fourth-order valence-electron chi connectivity index (χ4n) is 1.83. The van der Waals surface area contributed by atoms with Crippen LogP contribution in [-0.4, -0.2) is 25.6 Å². The van der Waals surface area contributed by atoms with Gasteiger partial charge in [-0.3, -0.25) is 0 Å². The second-order valence-electron chi connectivity index (χ2n) is 4.86. The maximum absolute atomic E-state index is 4.39. The lowest BCUT2D eigenvalue weighted by atomic mass is 10.2. The van der Waals surface area contributed by atoms with Gasteiger partial charge in [0.1, 0.15) is 5.82 Å². The molecule has 0 bridgehead atoms. The van der Waals surface area contributed by atoms with Crippen molar-refractivity contribution in [3.05, 3.63) is 36.9 Å². The van der Waals surface area contributed by atoms with E-state index >= 15 is 0 Å². The average Bonchev–Trinajstić information content (AvgIpc) is 2.96. The minimum absolute atomic E-state index is 0.666. The van der Waals surface area contributed by atoms with Gasteiger partial charge in [-0.25, -0.2) is 9.97 Å². The Labute approximate surface area is 108 Å². The molecule has 0 aliphatic heterocycles. The molecule has 0 saturated heterocycles. The highest BCUT2D eigenvalue weighted by Crippen LogP contribution is 2.00. The fraction of sp³-hybridized carbons (Fsp3) is 0.538. The van der Waals surface area contributed by atoms with E-state index in [4.69, 9.17) is 0 Å². The van der Waals surface area contributed by atoms with E-state index in [1.54, 1.807) is 6.20 Å². The van der Waals surface area contributed by atoms with E-state index in [0.29, 0.717) is 5.92 Å². The molecule has 18 heavy (non-hydrogen) atoms. The maximum Gasteiger partial charge on any atom is 0.122 e. The summed E-state index contributed by atoms with van der Waals surface area (Å²) in [5.74, 6) is 1.76. The molecule has 0 radical (unpaired) electrons. The smallest absolute Gasteiger partial charge is 0.122 e. The first-order valence-electron chi connectivity index (χ1n) is 6.42. The van der Waals surface area contributed by atoms with Gasteiger partial charge in [0.25, 0.3) is 0 Å². The summed E-state index contributed by atoms with van der Waals surface area (Å²) in [6.45, 7) is 8.11. The molecule has 2 rings (SSSR count). The van der Waals surface area contributed by atoms with Crippen molar-refractivity contribution in [1.29, 1.82) is 0 Å². The van der Waals surface area contributed by atoms with Crippen LogP contribution in [0, 0.1) is 5.92 Å². The average molecular weight is 247 g/mol. The number of nitrogens with zero attached hydrogens (tertiary/aromatic N) is 4. The zero-order valence-corrected chi connectivity index (χ0v) is 11.1. The number of imidazole rings is 2. The molecule has 98 valence electrons. The normalized spacial score (nSPS) is 11.3. The van der Waals surface area contributed by atoms with Gasteiger partial charge in [0.05, 0.1) is 12.9 Å². The number of aryl methyl sites for hydroxylation is 2.